The Morgan fingerprint density at radius 3 is 1.57 bits per heavy atom. The van der Waals surface area contributed by atoms with E-state index in [9.17, 15) is 0 Å². The van der Waals surface area contributed by atoms with Crippen LogP contribution in [0.3, 0.4) is 0 Å². The summed E-state index contributed by atoms with van der Waals surface area (Å²) in [6.07, 6.45) is 0. The molecule has 4 aromatic rings. The zero-order valence-corrected chi connectivity index (χ0v) is 19.8. The second kappa shape index (κ2) is 7.86. The quantitative estimate of drug-likeness (QED) is 0.297. The molecule has 0 aliphatic rings. The third-order valence-electron chi connectivity index (χ3n) is 7.14. The van der Waals surface area contributed by atoms with Crippen molar-refractivity contribution in [1.29, 1.82) is 0 Å². The first-order chi connectivity index (χ1) is 14.2. The summed E-state index contributed by atoms with van der Waals surface area (Å²) in [5.74, 6) is 0. The van der Waals surface area contributed by atoms with Crippen LogP contribution in [0.5, 0.6) is 0 Å². The fourth-order valence-electron chi connectivity index (χ4n) is 4.79. The predicted molar refractivity (Wildman–Crippen MR) is 157 cm³/mol. The molecule has 0 aliphatic heterocycles. The molecular formula is C22H22B7Cl. The summed E-state index contributed by atoms with van der Waals surface area (Å²) >= 11 is 6.10. The van der Waals surface area contributed by atoms with E-state index in [2.05, 4.69) is 91.3 Å². The van der Waals surface area contributed by atoms with E-state index in [1.54, 1.807) is 0 Å². The Morgan fingerprint density at radius 2 is 0.967 bits per heavy atom. The Balaban J connectivity index is 2.09. The van der Waals surface area contributed by atoms with Gasteiger partial charge in [0.15, 0.2) is 0 Å². The average Bonchev–Trinajstić information content (AvgIpc) is 2.75. The molecule has 0 nitrogen and oxygen atoms in total. The van der Waals surface area contributed by atoms with E-state index in [1.807, 2.05) is 12.1 Å². The molecule has 4 aromatic carbocycles. The molecule has 8 heteroatoms. The molecule has 0 N–H and O–H groups in total. The first kappa shape index (κ1) is 21.1. The van der Waals surface area contributed by atoms with Gasteiger partial charge in [0.25, 0.3) is 0 Å². The van der Waals surface area contributed by atoms with Crippen molar-refractivity contribution in [2.75, 3.05) is 0 Å². The van der Waals surface area contributed by atoms with E-state index < -0.39 is 0 Å². The Kier molecular flexibility index (Phi) is 5.53. The van der Waals surface area contributed by atoms with Gasteiger partial charge in [-0.3, -0.25) is 0 Å². The normalized spacial score (nSPS) is 11.1. The summed E-state index contributed by atoms with van der Waals surface area (Å²) in [6, 6.07) is 17.0. The molecular weight excluding hydrogens is 375 g/mol. The minimum atomic E-state index is 0.767. The summed E-state index contributed by atoms with van der Waals surface area (Å²) in [5, 5.41) is 3.60. The third-order valence-corrected chi connectivity index (χ3v) is 7.39. The minimum absolute atomic E-state index is 0.767. The lowest BCUT2D eigenvalue weighted by atomic mass is 9.59. The number of hydrogen-bond donors (Lipinski definition) is 0. The average molecular weight is 398 g/mol. The van der Waals surface area contributed by atoms with E-state index in [4.69, 9.17) is 11.6 Å². The van der Waals surface area contributed by atoms with Gasteiger partial charge in [-0.2, -0.15) is 0 Å². The van der Waals surface area contributed by atoms with Gasteiger partial charge < -0.3 is 0 Å². The maximum absolute atomic E-state index is 6.10. The molecule has 0 radical (unpaired) electrons. The highest BCUT2D eigenvalue weighted by molar-refractivity contribution is 6.71. The molecule has 0 aliphatic carbocycles. The second-order valence-electron chi connectivity index (χ2n) is 8.59. The van der Waals surface area contributed by atoms with Gasteiger partial charge in [0.05, 0.1) is 0 Å². The van der Waals surface area contributed by atoms with Crippen molar-refractivity contribution < 1.29 is 0 Å². The van der Waals surface area contributed by atoms with E-state index in [0.717, 1.165) is 5.02 Å². The van der Waals surface area contributed by atoms with Crippen molar-refractivity contribution >= 4 is 116 Å². The van der Waals surface area contributed by atoms with Gasteiger partial charge >= 0.3 is 0 Å². The third kappa shape index (κ3) is 3.28. The molecule has 0 fully saturated rings. The van der Waals surface area contributed by atoms with Crippen LogP contribution in [0.2, 0.25) is 5.02 Å². The van der Waals surface area contributed by atoms with Crippen LogP contribution in [-0.4, -0.2) is 54.9 Å². The molecule has 0 unspecified atom stereocenters. The predicted octanol–water partition coefficient (Wildman–Crippen LogP) is -5.36. The smallest absolute Gasteiger partial charge is 0.101 e. The van der Waals surface area contributed by atoms with Gasteiger partial charge in [-0.15, -0.1) is 16.4 Å². The van der Waals surface area contributed by atoms with Crippen molar-refractivity contribution in [2.24, 2.45) is 0 Å². The van der Waals surface area contributed by atoms with Crippen molar-refractivity contribution in [3.63, 3.8) is 0 Å². The molecule has 0 amide bonds. The SMILES string of the molecule is Bc1c(B)c(B)c2c(-c3cccc(-c4ccc(Cl)cc4)c3)c(B)c(B)c(B)c2c1B. The Labute approximate surface area is 191 Å². The van der Waals surface area contributed by atoms with Crippen LogP contribution in [0.1, 0.15) is 0 Å². The molecule has 0 saturated heterocycles. The lowest BCUT2D eigenvalue weighted by Gasteiger charge is -2.25. The van der Waals surface area contributed by atoms with Gasteiger partial charge in [-0.25, -0.2) is 0 Å². The molecule has 0 atom stereocenters. The van der Waals surface area contributed by atoms with Gasteiger partial charge in [0.1, 0.15) is 54.9 Å². The summed E-state index contributed by atoms with van der Waals surface area (Å²) < 4.78 is 0. The molecule has 4 rings (SSSR count). The molecule has 0 aromatic heterocycles. The monoisotopic (exact) mass is 398 g/mol. The first-order valence-electron chi connectivity index (χ1n) is 10.6. The second-order valence-corrected chi connectivity index (χ2v) is 9.02. The zero-order valence-electron chi connectivity index (χ0n) is 19.0. The van der Waals surface area contributed by atoms with Crippen LogP contribution in [0, 0.1) is 0 Å². The molecule has 0 heterocycles. The molecule has 0 bridgehead atoms. The van der Waals surface area contributed by atoms with Crippen molar-refractivity contribution in [1.82, 2.24) is 0 Å². The van der Waals surface area contributed by atoms with Crippen molar-refractivity contribution in [3.05, 3.63) is 53.6 Å². The Hall–Kier alpha value is -2.12. The van der Waals surface area contributed by atoms with E-state index >= 15 is 0 Å². The number of halogens is 1. The highest BCUT2D eigenvalue weighted by Gasteiger charge is 2.18. The largest absolute Gasteiger partial charge is 0.139 e. The van der Waals surface area contributed by atoms with Crippen LogP contribution in [0.25, 0.3) is 33.0 Å². The van der Waals surface area contributed by atoms with E-state index in [0.29, 0.717) is 0 Å². The highest BCUT2D eigenvalue weighted by Crippen LogP contribution is 2.28. The van der Waals surface area contributed by atoms with Crippen LogP contribution >= 0.6 is 11.6 Å². The molecule has 138 valence electrons. The van der Waals surface area contributed by atoms with Gasteiger partial charge in [-0.1, -0.05) is 63.8 Å². The lowest BCUT2D eigenvalue weighted by molar-refractivity contribution is 1.61. The molecule has 0 spiro atoms. The maximum Gasteiger partial charge on any atom is 0.139 e. The zero-order chi connectivity index (χ0) is 21.7. The van der Waals surface area contributed by atoms with Crippen molar-refractivity contribution in [2.45, 2.75) is 0 Å². The fraction of sp³-hybridized carbons (Fsp3) is 0. The number of rotatable bonds is 2. The topological polar surface area (TPSA) is 0 Å². The van der Waals surface area contributed by atoms with Gasteiger partial charge in [0.2, 0.25) is 0 Å². The van der Waals surface area contributed by atoms with Crippen LogP contribution in [-0.2, 0) is 0 Å². The number of benzene rings is 4. The van der Waals surface area contributed by atoms with Crippen LogP contribution < -0.4 is 38.2 Å². The first-order valence-corrected chi connectivity index (χ1v) is 11.0. The fourth-order valence-corrected chi connectivity index (χ4v) is 4.92. The minimum Gasteiger partial charge on any atom is -0.101 e. The Morgan fingerprint density at radius 1 is 0.467 bits per heavy atom. The van der Waals surface area contributed by atoms with E-state index in [1.165, 1.54) is 71.3 Å². The number of hydrogen-bond acceptors (Lipinski definition) is 0. The standard InChI is InChI=1S/C22H22B7Cl/c23-16-13(11-3-1-2-10(8-11)9-4-6-12(30)7-5-9)14-15(18(25)20(16)27)19(26)22(29)21(28)17(14)24/h1-8H,23-29H2. The molecule has 30 heavy (non-hydrogen) atoms. The lowest BCUT2D eigenvalue weighted by Crippen LogP contribution is -2.52. The molecule has 0 saturated carbocycles. The summed E-state index contributed by atoms with van der Waals surface area (Å²) in [7, 11) is 15.9. The summed E-state index contributed by atoms with van der Waals surface area (Å²) in [6.45, 7) is 0. The van der Waals surface area contributed by atoms with Crippen LogP contribution in [0.4, 0.5) is 0 Å². The highest BCUT2D eigenvalue weighted by atomic mass is 35.5. The van der Waals surface area contributed by atoms with E-state index in [-0.39, 0.29) is 0 Å². The summed E-state index contributed by atoms with van der Waals surface area (Å²) in [4.78, 5) is 0. The van der Waals surface area contributed by atoms with Gasteiger partial charge in [-0.05, 0) is 51.2 Å². The number of fused-ring (bicyclic) bond motifs is 1. The van der Waals surface area contributed by atoms with Gasteiger partial charge in [0, 0.05) is 5.02 Å². The van der Waals surface area contributed by atoms with Crippen molar-refractivity contribution in [3.8, 4) is 22.3 Å². The summed E-state index contributed by atoms with van der Waals surface area (Å²) in [5.41, 5.74) is 14.8. The maximum atomic E-state index is 6.10. The van der Waals surface area contributed by atoms with Crippen LogP contribution in [0.15, 0.2) is 48.5 Å². The Bertz CT molecular complexity index is 1310.